The van der Waals surface area contributed by atoms with Gasteiger partial charge in [-0.05, 0) is 12.8 Å². The van der Waals surface area contributed by atoms with Gasteiger partial charge < -0.3 is 26.7 Å². The van der Waals surface area contributed by atoms with Gasteiger partial charge in [0.1, 0.15) is 0 Å². The Labute approximate surface area is 89.6 Å². The first-order valence-corrected chi connectivity index (χ1v) is 2.91. The van der Waals surface area contributed by atoms with Gasteiger partial charge in [0.25, 0.3) is 0 Å². The zero-order valence-corrected chi connectivity index (χ0v) is 8.64. The monoisotopic (exact) mass is 176 g/mol. The van der Waals surface area contributed by atoms with Crippen molar-refractivity contribution in [1.82, 2.24) is 0 Å². The van der Waals surface area contributed by atoms with Gasteiger partial charge in [0, 0.05) is 13.2 Å². The van der Waals surface area contributed by atoms with Crippen molar-refractivity contribution in [1.29, 1.82) is 0 Å². The van der Waals surface area contributed by atoms with E-state index in [1.54, 1.807) is 0 Å². The van der Waals surface area contributed by atoms with E-state index in [0.717, 1.165) is 12.8 Å². The Balaban J connectivity index is -0.0000000483. The Kier molecular flexibility index (Phi) is 27.7. The number of unbranched alkanes of at least 4 members (excludes halogenated alkanes) is 1. The van der Waals surface area contributed by atoms with Gasteiger partial charge >= 0.3 is 36.9 Å². The fourth-order valence-corrected chi connectivity index (χ4v) is 0.224. The Hall–Kier alpha value is 0.865. The van der Waals surface area contributed by atoms with Gasteiger partial charge in [-0.25, -0.2) is 0 Å². The Bertz CT molecular complexity index is 54.0. The van der Waals surface area contributed by atoms with Crippen LogP contribution in [-0.4, -0.2) is 45.8 Å². The van der Waals surface area contributed by atoms with E-state index in [1.807, 2.05) is 0 Å². The molecule has 0 aliphatic heterocycles. The smallest absolute Gasteiger partial charge is 1.00 e. The van der Waals surface area contributed by atoms with Gasteiger partial charge in [-0.3, -0.25) is 0 Å². The second-order valence-corrected chi connectivity index (χ2v) is 1.50. The standard InChI is InChI=1S/C4H10O2.BH3O3.Na.H/c5-3-1-2-4-6;2-1(3)4;;/h5-6H,1-4H2;2-4H;;/q;;+1;-1. The van der Waals surface area contributed by atoms with Crippen molar-refractivity contribution in [2.24, 2.45) is 0 Å². The zero-order valence-electron chi connectivity index (χ0n) is 7.64. The van der Waals surface area contributed by atoms with Gasteiger partial charge in [0.2, 0.25) is 0 Å². The fourth-order valence-electron chi connectivity index (χ4n) is 0.224. The summed E-state index contributed by atoms with van der Waals surface area (Å²) in [7, 11) is -2.17. The molecule has 0 radical (unpaired) electrons. The third-order valence-corrected chi connectivity index (χ3v) is 0.566. The molecule has 0 spiro atoms. The van der Waals surface area contributed by atoms with Gasteiger partial charge in [0.05, 0.1) is 0 Å². The molecular weight excluding hydrogens is 162 g/mol. The van der Waals surface area contributed by atoms with E-state index in [0.29, 0.717) is 0 Å². The van der Waals surface area contributed by atoms with Crippen LogP contribution in [0, 0.1) is 0 Å². The molecule has 0 amide bonds. The molecule has 0 aromatic carbocycles. The van der Waals surface area contributed by atoms with Crippen LogP contribution in [0.15, 0.2) is 0 Å². The maximum Gasteiger partial charge on any atom is 1.00 e. The van der Waals surface area contributed by atoms with E-state index >= 15 is 0 Å². The maximum absolute atomic E-state index is 8.09. The van der Waals surface area contributed by atoms with Crippen molar-refractivity contribution < 1.29 is 56.3 Å². The number of rotatable bonds is 3. The first kappa shape index (κ1) is 17.8. The molecule has 0 atom stereocenters. The third-order valence-electron chi connectivity index (χ3n) is 0.566. The van der Waals surface area contributed by atoms with Crippen LogP contribution in [0.3, 0.4) is 0 Å². The summed E-state index contributed by atoms with van der Waals surface area (Å²) in [4.78, 5) is 0. The summed E-state index contributed by atoms with van der Waals surface area (Å²) in [6, 6.07) is 0. The normalized spacial score (nSPS) is 7.36. The molecule has 0 heterocycles. The molecule has 0 aromatic rings. The van der Waals surface area contributed by atoms with E-state index in [1.165, 1.54) is 0 Å². The molecule has 0 bridgehead atoms. The summed E-state index contributed by atoms with van der Waals surface area (Å²) in [5, 5.41) is 37.7. The summed E-state index contributed by atoms with van der Waals surface area (Å²) in [5.74, 6) is 0. The summed E-state index contributed by atoms with van der Waals surface area (Å²) >= 11 is 0. The predicted molar refractivity (Wildman–Crippen MR) is 36.9 cm³/mol. The van der Waals surface area contributed by atoms with E-state index in [4.69, 9.17) is 25.3 Å². The summed E-state index contributed by atoms with van der Waals surface area (Å²) < 4.78 is 0. The van der Waals surface area contributed by atoms with E-state index in [2.05, 4.69) is 0 Å². The zero-order chi connectivity index (χ0) is 8.41. The molecule has 0 aromatic heterocycles. The van der Waals surface area contributed by atoms with Crippen LogP contribution in [0.1, 0.15) is 14.3 Å². The molecule has 5 nitrogen and oxygen atoms in total. The summed E-state index contributed by atoms with van der Waals surface area (Å²) in [5.41, 5.74) is 0. The van der Waals surface area contributed by atoms with Crippen molar-refractivity contribution in [3.05, 3.63) is 0 Å². The van der Waals surface area contributed by atoms with Crippen LogP contribution in [0.4, 0.5) is 0 Å². The van der Waals surface area contributed by atoms with Crippen molar-refractivity contribution in [3.8, 4) is 0 Å². The summed E-state index contributed by atoms with van der Waals surface area (Å²) in [6.45, 7) is 0.390. The maximum atomic E-state index is 8.09. The molecule has 0 aliphatic rings. The van der Waals surface area contributed by atoms with E-state index in [-0.39, 0.29) is 44.2 Å². The quantitative estimate of drug-likeness (QED) is 0.218. The molecule has 64 valence electrons. The third kappa shape index (κ3) is 57.2. The minimum atomic E-state index is -2.17. The van der Waals surface area contributed by atoms with Gasteiger partial charge in [0.15, 0.2) is 0 Å². The van der Waals surface area contributed by atoms with Crippen molar-refractivity contribution in [2.45, 2.75) is 12.8 Å². The number of aliphatic hydroxyl groups excluding tert-OH is 2. The number of hydrogen-bond acceptors (Lipinski definition) is 5. The van der Waals surface area contributed by atoms with Gasteiger partial charge in [-0.2, -0.15) is 0 Å². The van der Waals surface area contributed by atoms with Crippen molar-refractivity contribution in [3.63, 3.8) is 0 Å². The van der Waals surface area contributed by atoms with Crippen molar-refractivity contribution in [2.75, 3.05) is 13.2 Å². The fraction of sp³-hybridized carbons (Fsp3) is 1.00. The molecular formula is C4H14BNaO5. The largest absolute Gasteiger partial charge is 1.00 e. The number of hydrogen-bond donors (Lipinski definition) is 5. The van der Waals surface area contributed by atoms with Crippen molar-refractivity contribution >= 4 is 7.32 Å². The second kappa shape index (κ2) is 17.1. The van der Waals surface area contributed by atoms with Crippen LogP contribution in [-0.2, 0) is 0 Å². The van der Waals surface area contributed by atoms with Crippen LogP contribution in [0.25, 0.3) is 0 Å². The number of aliphatic hydroxyl groups is 2. The molecule has 11 heavy (non-hydrogen) atoms. The summed E-state index contributed by atoms with van der Waals surface area (Å²) in [6.07, 6.45) is 1.44. The molecule has 5 N–H and O–H groups in total. The first-order valence-electron chi connectivity index (χ1n) is 2.91. The Morgan fingerprint density at radius 1 is 0.909 bits per heavy atom. The Morgan fingerprint density at radius 3 is 1.18 bits per heavy atom. The average molecular weight is 176 g/mol. The van der Waals surface area contributed by atoms with Crippen LogP contribution < -0.4 is 29.6 Å². The molecule has 0 saturated carbocycles. The van der Waals surface area contributed by atoms with Crippen LogP contribution >= 0.6 is 0 Å². The molecule has 0 unspecified atom stereocenters. The van der Waals surface area contributed by atoms with Crippen LogP contribution in [0.2, 0.25) is 0 Å². The van der Waals surface area contributed by atoms with E-state index in [9.17, 15) is 0 Å². The minimum Gasteiger partial charge on any atom is -1.00 e. The predicted octanol–water partition coefficient (Wildman–Crippen LogP) is -5.18. The minimum absolute atomic E-state index is 0. The molecule has 0 fully saturated rings. The van der Waals surface area contributed by atoms with Crippen LogP contribution in [0.5, 0.6) is 0 Å². The second-order valence-electron chi connectivity index (χ2n) is 1.50. The molecule has 0 saturated heterocycles. The average Bonchev–Trinajstić information content (AvgIpc) is 1.82. The first-order chi connectivity index (χ1) is 4.65. The Morgan fingerprint density at radius 2 is 1.09 bits per heavy atom. The van der Waals surface area contributed by atoms with E-state index < -0.39 is 7.32 Å². The van der Waals surface area contributed by atoms with Gasteiger partial charge in [-0.15, -0.1) is 0 Å². The molecule has 0 aliphatic carbocycles. The topological polar surface area (TPSA) is 101 Å². The SMILES string of the molecule is OB(O)O.OCCCCO.[H-].[Na+]. The molecule has 0 rings (SSSR count). The molecule has 7 heteroatoms. The van der Waals surface area contributed by atoms with Gasteiger partial charge in [-0.1, -0.05) is 0 Å².